The number of nitrogens with zero attached hydrogens (tertiary/aromatic N) is 1. The third kappa shape index (κ3) is 2.59. The van der Waals surface area contributed by atoms with Crippen LogP contribution in [0.25, 0.3) is 21.8 Å². The van der Waals surface area contributed by atoms with Crippen molar-refractivity contribution in [3.63, 3.8) is 0 Å². The molecule has 0 atom stereocenters. The molecular formula is C20H18N2OS. The summed E-state index contributed by atoms with van der Waals surface area (Å²) in [6.07, 6.45) is 0.423. The van der Waals surface area contributed by atoms with Gasteiger partial charge in [0.2, 0.25) is 5.91 Å². The number of nitrogens with one attached hydrogen (secondary N) is 1. The van der Waals surface area contributed by atoms with E-state index in [1.807, 2.05) is 23.6 Å². The van der Waals surface area contributed by atoms with Crippen molar-refractivity contribution in [2.45, 2.75) is 19.9 Å². The number of anilines is 1. The van der Waals surface area contributed by atoms with Crippen molar-refractivity contribution >= 4 is 44.7 Å². The standard InChI is InChI=1S/C20H18N2OS/c1-2-22-18-8-4-3-7-16(18)17-12-14(9-10-19(17)22)21-20(23)13-15-6-5-11-24-15/h3-12H,2,13H2,1H3,(H,21,23). The third-order valence-corrected chi connectivity index (χ3v) is 5.16. The molecule has 24 heavy (non-hydrogen) atoms. The van der Waals surface area contributed by atoms with Crippen LogP contribution in [0.3, 0.4) is 0 Å². The molecule has 0 bridgehead atoms. The van der Waals surface area contributed by atoms with Crippen LogP contribution in [-0.4, -0.2) is 10.5 Å². The summed E-state index contributed by atoms with van der Waals surface area (Å²) in [5, 5.41) is 7.42. The van der Waals surface area contributed by atoms with E-state index in [0.717, 1.165) is 17.1 Å². The van der Waals surface area contributed by atoms with Crippen LogP contribution in [0.5, 0.6) is 0 Å². The van der Waals surface area contributed by atoms with Gasteiger partial charge in [0, 0.05) is 38.9 Å². The Labute approximate surface area is 144 Å². The zero-order chi connectivity index (χ0) is 16.5. The number of amides is 1. The molecule has 0 fully saturated rings. The Morgan fingerprint density at radius 2 is 1.88 bits per heavy atom. The Hall–Kier alpha value is -2.59. The number of para-hydroxylation sites is 1. The van der Waals surface area contributed by atoms with Gasteiger partial charge in [0.25, 0.3) is 0 Å². The van der Waals surface area contributed by atoms with E-state index in [1.165, 1.54) is 21.8 Å². The predicted molar refractivity (Wildman–Crippen MR) is 102 cm³/mol. The third-order valence-electron chi connectivity index (χ3n) is 4.29. The van der Waals surface area contributed by atoms with E-state index in [9.17, 15) is 4.79 Å². The van der Waals surface area contributed by atoms with Crippen molar-refractivity contribution in [3.05, 3.63) is 64.9 Å². The van der Waals surface area contributed by atoms with Gasteiger partial charge in [0.1, 0.15) is 0 Å². The van der Waals surface area contributed by atoms with Crippen molar-refractivity contribution in [2.75, 3.05) is 5.32 Å². The van der Waals surface area contributed by atoms with Gasteiger partial charge in [-0.1, -0.05) is 24.3 Å². The van der Waals surface area contributed by atoms with Gasteiger partial charge in [-0.3, -0.25) is 4.79 Å². The molecule has 120 valence electrons. The fourth-order valence-electron chi connectivity index (χ4n) is 3.25. The van der Waals surface area contributed by atoms with E-state index in [1.54, 1.807) is 11.3 Å². The number of fused-ring (bicyclic) bond motifs is 3. The number of hydrogen-bond acceptors (Lipinski definition) is 2. The summed E-state index contributed by atoms with van der Waals surface area (Å²) in [5.41, 5.74) is 3.29. The Morgan fingerprint density at radius 3 is 2.67 bits per heavy atom. The first kappa shape index (κ1) is 15.0. The highest BCUT2D eigenvalue weighted by atomic mass is 32.1. The number of rotatable bonds is 4. The quantitative estimate of drug-likeness (QED) is 0.556. The minimum absolute atomic E-state index is 0.0241. The summed E-state index contributed by atoms with van der Waals surface area (Å²) in [6.45, 7) is 3.08. The number of thiophene rings is 1. The lowest BCUT2D eigenvalue weighted by molar-refractivity contribution is -0.115. The van der Waals surface area contributed by atoms with E-state index in [0.29, 0.717) is 6.42 Å². The van der Waals surface area contributed by atoms with Crippen molar-refractivity contribution in [1.82, 2.24) is 4.57 Å². The van der Waals surface area contributed by atoms with Gasteiger partial charge in [-0.15, -0.1) is 11.3 Å². The Morgan fingerprint density at radius 1 is 1.04 bits per heavy atom. The molecule has 0 unspecified atom stereocenters. The average molecular weight is 334 g/mol. The molecule has 0 aliphatic carbocycles. The monoisotopic (exact) mass is 334 g/mol. The summed E-state index contributed by atoms with van der Waals surface area (Å²) in [7, 11) is 0. The summed E-state index contributed by atoms with van der Waals surface area (Å²) in [5.74, 6) is 0.0241. The average Bonchev–Trinajstić information content (AvgIpc) is 3.20. The predicted octanol–water partition coefficient (Wildman–Crippen LogP) is 5.06. The molecule has 2 heterocycles. The molecule has 0 aliphatic rings. The molecular weight excluding hydrogens is 316 g/mol. The van der Waals surface area contributed by atoms with E-state index >= 15 is 0 Å². The van der Waals surface area contributed by atoms with Crippen molar-refractivity contribution < 1.29 is 4.79 Å². The largest absolute Gasteiger partial charge is 0.341 e. The van der Waals surface area contributed by atoms with Gasteiger partial charge in [-0.25, -0.2) is 0 Å². The van der Waals surface area contributed by atoms with Crippen molar-refractivity contribution in [1.29, 1.82) is 0 Å². The molecule has 1 N–H and O–H groups in total. The van der Waals surface area contributed by atoms with Crippen molar-refractivity contribution in [3.8, 4) is 0 Å². The van der Waals surface area contributed by atoms with Crippen LogP contribution in [0, 0.1) is 0 Å². The van der Waals surface area contributed by atoms with Gasteiger partial charge >= 0.3 is 0 Å². The number of carbonyl (C=O) groups excluding carboxylic acids is 1. The zero-order valence-corrected chi connectivity index (χ0v) is 14.3. The van der Waals surface area contributed by atoms with Gasteiger partial charge in [-0.05, 0) is 42.6 Å². The Balaban J connectivity index is 1.70. The first-order chi connectivity index (χ1) is 11.8. The fourth-order valence-corrected chi connectivity index (χ4v) is 3.95. The molecule has 0 saturated carbocycles. The Bertz CT molecular complexity index is 1010. The first-order valence-electron chi connectivity index (χ1n) is 8.09. The molecule has 0 saturated heterocycles. The molecule has 3 nitrogen and oxygen atoms in total. The van der Waals surface area contributed by atoms with Crippen LogP contribution in [0.1, 0.15) is 11.8 Å². The number of hydrogen-bond donors (Lipinski definition) is 1. The van der Waals surface area contributed by atoms with Crippen LogP contribution in [0.2, 0.25) is 0 Å². The minimum atomic E-state index is 0.0241. The smallest absolute Gasteiger partial charge is 0.229 e. The summed E-state index contributed by atoms with van der Waals surface area (Å²) in [6, 6.07) is 18.5. The van der Waals surface area contributed by atoms with E-state index in [4.69, 9.17) is 0 Å². The number of benzene rings is 2. The molecule has 0 aliphatic heterocycles. The normalized spacial score (nSPS) is 11.2. The molecule has 4 aromatic rings. The van der Waals surface area contributed by atoms with E-state index in [-0.39, 0.29) is 5.91 Å². The molecule has 2 aromatic heterocycles. The van der Waals surface area contributed by atoms with Gasteiger partial charge in [0.05, 0.1) is 6.42 Å². The molecule has 4 rings (SSSR count). The molecule has 1 amide bonds. The highest BCUT2D eigenvalue weighted by Gasteiger charge is 2.11. The number of aromatic nitrogens is 1. The van der Waals surface area contributed by atoms with Gasteiger partial charge < -0.3 is 9.88 Å². The molecule has 2 aromatic carbocycles. The molecule has 0 spiro atoms. The van der Waals surface area contributed by atoms with Gasteiger partial charge in [-0.2, -0.15) is 0 Å². The maximum atomic E-state index is 12.2. The topological polar surface area (TPSA) is 34.0 Å². The van der Waals surface area contributed by atoms with Gasteiger partial charge in [0.15, 0.2) is 0 Å². The lowest BCUT2D eigenvalue weighted by atomic mass is 10.1. The first-order valence-corrected chi connectivity index (χ1v) is 8.97. The van der Waals surface area contributed by atoms with E-state index in [2.05, 4.69) is 53.2 Å². The maximum absolute atomic E-state index is 12.2. The summed E-state index contributed by atoms with van der Waals surface area (Å²) < 4.78 is 2.31. The zero-order valence-electron chi connectivity index (χ0n) is 13.5. The lowest BCUT2D eigenvalue weighted by Crippen LogP contribution is -2.13. The minimum Gasteiger partial charge on any atom is -0.341 e. The highest BCUT2D eigenvalue weighted by molar-refractivity contribution is 7.10. The van der Waals surface area contributed by atoms with Crippen LogP contribution < -0.4 is 5.32 Å². The van der Waals surface area contributed by atoms with Crippen molar-refractivity contribution in [2.24, 2.45) is 0 Å². The summed E-state index contributed by atoms with van der Waals surface area (Å²) >= 11 is 1.61. The molecule has 0 radical (unpaired) electrons. The molecule has 4 heteroatoms. The van der Waals surface area contributed by atoms with Crippen LogP contribution in [0.4, 0.5) is 5.69 Å². The van der Waals surface area contributed by atoms with Crippen LogP contribution >= 0.6 is 11.3 Å². The number of carbonyl (C=O) groups is 1. The highest BCUT2D eigenvalue weighted by Crippen LogP contribution is 2.31. The van der Waals surface area contributed by atoms with Crippen LogP contribution in [-0.2, 0) is 17.8 Å². The second-order valence-electron chi connectivity index (χ2n) is 5.80. The second-order valence-corrected chi connectivity index (χ2v) is 6.83. The Kier molecular flexibility index (Phi) is 3.82. The summed E-state index contributed by atoms with van der Waals surface area (Å²) in [4.78, 5) is 13.3. The lowest BCUT2D eigenvalue weighted by Gasteiger charge is -2.06. The fraction of sp³-hybridized carbons (Fsp3) is 0.150. The maximum Gasteiger partial charge on any atom is 0.229 e. The van der Waals surface area contributed by atoms with Crippen LogP contribution in [0.15, 0.2) is 60.0 Å². The number of aryl methyl sites for hydroxylation is 1. The second kappa shape index (κ2) is 6.13. The SMILES string of the molecule is CCn1c2ccccc2c2cc(NC(=O)Cc3cccs3)ccc21. The van der Waals surface area contributed by atoms with E-state index < -0.39 is 0 Å².